The van der Waals surface area contributed by atoms with Crippen molar-refractivity contribution in [1.29, 1.82) is 5.26 Å². The molecule has 0 aliphatic carbocycles. The molecule has 3 rings (SSSR count). The van der Waals surface area contributed by atoms with E-state index < -0.39 is 17.4 Å². The van der Waals surface area contributed by atoms with Gasteiger partial charge >= 0.3 is 0 Å². The molecule has 2 atom stereocenters. The summed E-state index contributed by atoms with van der Waals surface area (Å²) in [4.78, 5) is 32.2. The number of ether oxygens (including phenoxy) is 1. The molecule has 2 amide bonds. The lowest BCUT2D eigenvalue weighted by molar-refractivity contribution is -0.118. The van der Waals surface area contributed by atoms with Crippen molar-refractivity contribution in [1.82, 2.24) is 0 Å². The highest BCUT2D eigenvalue weighted by Gasteiger charge is 2.39. The van der Waals surface area contributed by atoms with Crippen LogP contribution in [0.5, 0.6) is 5.75 Å². The van der Waals surface area contributed by atoms with Crippen LogP contribution in [0.1, 0.15) is 49.5 Å². The number of amides is 2. The van der Waals surface area contributed by atoms with E-state index in [0.717, 1.165) is 0 Å². The SMILES string of the molecule is CCOc1ccc(N2C(=O)c3ccccc3[C@H](C=N[C@](C)(C#N)C(C)C)C2=O)cc1. The molecule has 2 aromatic carbocycles. The summed E-state index contributed by atoms with van der Waals surface area (Å²) in [6.45, 7) is 7.97. The summed E-state index contributed by atoms with van der Waals surface area (Å²) in [6, 6.07) is 16.1. The highest BCUT2D eigenvalue weighted by molar-refractivity contribution is 6.29. The van der Waals surface area contributed by atoms with Crippen LogP contribution < -0.4 is 9.64 Å². The van der Waals surface area contributed by atoms with Crippen LogP contribution in [0.2, 0.25) is 0 Å². The van der Waals surface area contributed by atoms with Gasteiger partial charge in [0, 0.05) is 11.8 Å². The number of aliphatic imine (C=N–C) groups is 1. The lowest BCUT2D eigenvalue weighted by atomic mass is 9.87. The molecule has 2 aromatic rings. The first-order valence-electron chi connectivity index (χ1n) is 9.99. The van der Waals surface area contributed by atoms with Crippen LogP contribution in [0.25, 0.3) is 0 Å². The van der Waals surface area contributed by atoms with E-state index in [-0.39, 0.29) is 11.8 Å². The van der Waals surface area contributed by atoms with Crippen molar-refractivity contribution in [3.63, 3.8) is 0 Å². The van der Waals surface area contributed by atoms with E-state index in [1.54, 1.807) is 55.5 Å². The van der Waals surface area contributed by atoms with Gasteiger partial charge < -0.3 is 4.74 Å². The van der Waals surface area contributed by atoms with Crippen molar-refractivity contribution in [2.24, 2.45) is 10.9 Å². The second kappa shape index (κ2) is 8.50. The summed E-state index contributed by atoms with van der Waals surface area (Å²) >= 11 is 0. The van der Waals surface area contributed by atoms with Crippen LogP contribution in [0.3, 0.4) is 0 Å². The largest absolute Gasteiger partial charge is 0.494 e. The maximum absolute atomic E-state index is 13.4. The number of hydrogen-bond donors (Lipinski definition) is 0. The monoisotopic (exact) mass is 403 g/mol. The molecule has 1 aliphatic rings. The van der Waals surface area contributed by atoms with Crippen LogP contribution in [0.4, 0.5) is 5.69 Å². The van der Waals surface area contributed by atoms with Gasteiger partial charge in [-0.1, -0.05) is 32.0 Å². The summed E-state index contributed by atoms with van der Waals surface area (Å²) in [7, 11) is 0. The van der Waals surface area contributed by atoms with Crippen molar-refractivity contribution >= 4 is 23.7 Å². The standard InChI is InChI=1S/C24H25N3O3/c1-5-30-18-12-10-17(11-13-18)27-22(28)20-9-7-6-8-19(20)21(23(27)29)14-26-24(4,15-25)16(2)3/h6-14,16,21H,5H2,1-4H3/t21-,24+/m0/s1. The Balaban J connectivity index is 2.05. The lowest BCUT2D eigenvalue weighted by Crippen LogP contribution is -2.45. The summed E-state index contributed by atoms with van der Waals surface area (Å²) < 4.78 is 5.45. The minimum absolute atomic E-state index is 0.0310. The number of fused-ring (bicyclic) bond motifs is 1. The molecule has 1 heterocycles. The first-order valence-corrected chi connectivity index (χ1v) is 9.99. The summed E-state index contributed by atoms with van der Waals surface area (Å²) in [5.41, 5.74) is 0.557. The minimum Gasteiger partial charge on any atom is -0.494 e. The number of anilines is 1. The smallest absolute Gasteiger partial charge is 0.265 e. The molecular formula is C24H25N3O3. The fraction of sp³-hybridized carbons (Fsp3) is 0.333. The third-order valence-corrected chi connectivity index (χ3v) is 5.46. The zero-order valence-electron chi connectivity index (χ0n) is 17.6. The van der Waals surface area contributed by atoms with E-state index in [1.807, 2.05) is 20.8 Å². The quantitative estimate of drug-likeness (QED) is 0.530. The predicted molar refractivity (Wildman–Crippen MR) is 116 cm³/mol. The van der Waals surface area contributed by atoms with E-state index in [1.165, 1.54) is 11.1 Å². The number of carbonyl (C=O) groups excluding carboxylic acids is 2. The van der Waals surface area contributed by atoms with Crippen molar-refractivity contribution in [2.45, 2.75) is 39.2 Å². The molecule has 1 aliphatic heterocycles. The van der Waals surface area contributed by atoms with Crippen molar-refractivity contribution < 1.29 is 14.3 Å². The molecule has 0 bridgehead atoms. The van der Waals surface area contributed by atoms with Gasteiger partial charge in [0.2, 0.25) is 5.91 Å². The summed E-state index contributed by atoms with van der Waals surface area (Å²) in [6.07, 6.45) is 1.51. The molecule has 0 aromatic heterocycles. The number of hydrogen-bond acceptors (Lipinski definition) is 5. The molecule has 0 saturated heterocycles. The van der Waals surface area contributed by atoms with Crippen molar-refractivity contribution in [2.75, 3.05) is 11.5 Å². The Hall–Kier alpha value is -3.46. The summed E-state index contributed by atoms with van der Waals surface area (Å²) in [5, 5.41) is 9.56. The molecule has 154 valence electrons. The number of benzene rings is 2. The Morgan fingerprint density at radius 2 is 1.87 bits per heavy atom. The third-order valence-electron chi connectivity index (χ3n) is 5.46. The number of imide groups is 1. The molecule has 0 fully saturated rings. The number of carbonyl (C=O) groups is 2. The normalized spacial score (nSPS) is 18.3. The molecule has 0 radical (unpaired) electrons. The van der Waals surface area contributed by atoms with Crippen LogP contribution in [0.15, 0.2) is 53.5 Å². The molecule has 6 nitrogen and oxygen atoms in total. The Morgan fingerprint density at radius 3 is 2.47 bits per heavy atom. The molecular weight excluding hydrogens is 378 g/mol. The van der Waals surface area contributed by atoms with E-state index in [2.05, 4.69) is 11.1 Å². The van der Waals surface area contributed by atoms with Crippen molar-refractivity contribution in [3.05, 3.63) is 59.7 Å². The molecule has 0 spiro atoms. The number of rotatable bonds is 6. The van der Waals surface area contributed by atoms with Crippen molar-refractivity contribution in [3.8, 4) is 11.8 Å². The molecule has 0 N–H and O–H groups in total. The van der Waals surface area contributed by atoms with Gasteiger partial charge in [-0.15, -0.1) is 0 Å². The van der Waals surface area contributed by atoms with Gasteiger partial charge in [-0.25, -0.2) is 4.90 Å². The maximum Gasteiger partial charge on any atom is 0.265 e. The van der Waals surface area contributed by atoms with E-state index in [0.29, 0.717) is 29.2 Å². The van der Waals surface area contributed by atoms with Crippen LogP contribution >= 0.6 is 0 Å². The lowest BCUT2D eigenvalue weighted by Gasteiger charge is -2.31. The van der Waals surface area contributed by atoms with Gasteiger partial charge in [0.15, 0.2) is 0 Å². The van der Waals surface area contributed by atoms with Gasteiger partial charge in [0.25, 0.3) is 5.91 Å². The van der Waals surface area contributed by atoms with Crippen LogP contribution in [-0.4, -0.2) is 30.2 Å². The minimum atomic E-state index is -0.958. The third kappa shape index (κ3) is 3.84. The summed E-state index contributed by atoms with van der Waals surface area (Å²) in [5.74, 6) is -0.890. The first-order chi connectivity index (χ1) is 14.3. The second-order valence-electron chi connectivity index (χ2n) is 7.66. The van der Waals surface area contributed by atoms with E-state index in [4.69, 9.17) is 4.74 Å². The zero-order chi connectivity index (χ0) is 21.9. The molecule has 6 heteroatoms. The Kier molecular flexibility index (Phi) is 6.02. The maximum atomic E-state index is 13.4. The Morgan fingerprint density at radius 1 is 1.20 bits per heavy atom. The fourth-order valence-electron chi connectivity index (χ4n) is 3.24. The highest BCUT2D eigenvalue weighted by atomic mass is 16.5. The van der Waals surface area contributed by atoms with E-state index in [9.17, 15) is 14.9 Å². The fourth-order valence-corrected chi connectivity index (χ4v) is 3.24. The van der Waals surface area contributed by atoms with Gasteiger partial charge in [0.1, 0.15) is 11.3 Å². The molecule has 30 heavy (non-hydrogen) atoms. The van der Waals surface area contributed by atoms with Gasteiger partial charge in [0.05, 0.1) is 24.3 Å². The second-order valence-corrected chi connectivity index (χ2v) is 7.66. The number of nitrogens with zero attached hydrogens (tertiary/aromatic N) is 3. The topological polar surface area (TPSA) is 82.8 Å². The van der Waals surface area contributed by atoms with Gasteiger partial charge in [-0.05, 0) is 55.7 Å². The molecule has 0 unspecified atom stereocenters. The Labute approximate surface area is 176 Å². The van der Waals surface area contributed by atoms with E-state index >= 15 is 0 Å². The number of nitriles is 1. The Bertz CT molecular complexity index is 1020. The average molecular weight is 403 g/mol. The van der Waals surface area contributed by atoms with Gasteiger partial charge in [-0.2, -0.15) is 5.26 Å². The van der Waals surface area contributed by atoms with Crippen LogP contribution in [-0.2, 0) is 4.79 Å². The van der Waals surface area contributed by atoms with Gasteiger partial charge in [-0.3, -0.25) is 14.6 Å². The predicted octanol–water partition coefficient (Wildman–Crippen LogP) is 4.36. The zero-order valence-corrected chi connectivity index (χ0v) is 17.6. The highest BCUT2D eigenvalue weighted by Crippen LogP contribution is 2.33. The van der Waals surface area contributed by atoms with Crippen LogP contribution in [0, 0.1) is 17.2 Å². The first kappa shape index (κ1) is 21.3. The average Bonchev–Trinajstić information content (AvgIpc) is 2.74. The molecule has 0 saturated carbocycles.